The van der Waals surface area contributed by atoms with Gasteiger partial charge in [-0.05, 0) is 71.6 Å². The molecule has 1 aromatic carbocycles. The number of ether oxygens (including phenoxy) is 2. The van der Waals surface area contributed by atoms with Gasteiger partial charge < -0.3 is 25.0 Å². The van der Waals surface area contributed by atoms with Gasteiger partial charge in [-0.3, -0.25) is 14.4 Å². The summed E-state index contributed by atoms with van der Waals surface area (Å²) in [7, 11) is 0. The fourth-order valence-corrected chi connectivity index (χ4v) is 3.50. The minimum Gasteiger partial charge on any atom is -0.466 e. The average Bonchev–Trinajstić information content (AvgIpc) is 2.76. The van der Waals surface area contributed by atoms with Gasteiger partial charge in [-0.1, -0.05) is 25.1 Å². The molecule has 0 saturated carbocycles. The smallest absolute Gasteiger partial charge is 0.408 e. The van der Waals surface area contributed by atoms with Gasteiger partial charge in [0.25, 0.3) is 0 Å². The predicted octanol–water partition coefficient (Wildman–Crippen LogP) is 3.57. The molecule has 9 nitrogen and oxygen atoms in total. The monoisotopic (exact) mass is 491 g/mol. The van der Waals surface area contributed by atoms with Crippen LogP contribution in [0.5, 0.6) is 0 Å². The topological polar surface area (TPSA) is 114 Å². The van der Waals surface area contributed by atoms with Crippen LogP contribution >= 0.6 is 0 Å². The number of carbonyl (C=O) groups is 4. The van der Waals surface area contributed by atoms with Crippen molar-refractivity contribution in [2.24, 2.45) is 0 Å². The Balaban J connectivity index is 3.26. The lowest BCUT2D eigenvalue weighted by molar-refractivity contribution is -0.144. The molecule has 35 heavy (non-hydrogen) atoms. The Morgan fingerprint density at radius 3 is 2.29 bits per heavy atom. The average molecular weight is 492 g/mol. The van der Waals surface area contributed by atoms with Crippen LogP contribution in [-0.4, -0.2) is 60.1 Å². The summed E-state index contributed by atoms with van der Waals surface area (Å²) in [5.41, 5.74) is 1.85. The van der Waals surface area contributed by atoms with Crippen molar-refractivity contribution in [3.05, 3.63) is 34.9 Å². The summed E-state index contributed by atoms with van der Waals surface area (Å²) in [4.78, 5) is 52.2. The zero-order valence-electron chi connectivity index (χ0n) is 22.3. The van der Waals surface area contributed by atoms with E-state index in [1.165, 1.54) is 4.90 Å². The lowest BCUT2D eigenvalue weighted by atomic mass is 9.94. The van der Waals surface area contributed by atoms with E-state index in [2.05, 4.69) is 10.6 Å². The van der Waals surface area contributed by atoms with Crippen molar-refractivity contribution in [1.29, 1.82) is 0 Å². The fourth-order valence-electron chi connectivity index (χ4n) is 3.50. The molecule has 1 aromatic rings. The minimum atomic E-state index is -0.944. The number of nitrogens with one attached hydrogen (secondary N) is 2. The molecule has 0 aliphatic rings. The molecule has 2 N–H and O–H groups in total. The molecule has 0 heterocycles. The Morgan fingerprint density at radius 2 is 1.71 bits per heavy atom. The molecule has 0 saturated heterocycles. The van der Waals surface area contributed by atoms with E-state index in [-0.39, 0.29) is 32.2 Å². The van der Waals surface area contributed by atoms with Crippen LogP contribution in [0, 0.1) is 13.8 Å². The van der Waals surface area contributed by atoms with Gasteiger partial charge in [0.1, 0.15) is 18.2 Å². The number of hydrogen-bond acceptors (Lipinski definition) is 6. The van der Waals surface area contributed by atoms with Crippen LogP contribution in [0.2, 0.25) is 0 Å². The number of carbonyl (C=O) groups excluding carboxylic acids is 4. The van der Waals surface area contributed by atoms with E-state index in [0.717, 1.165) is 11.1 Å². The van der Waals surface area contributed by atoms with E-state index in [9.17, 15) is 19.2 Å². The fraction of sp³-hybridized carbons (Fsp3) is 0.615. The number of esters is 1. The van der Waals surface area contributed by atoms with Crippen molar-refractivity contribution in [3.8, 4) is 0 Å². The molecule has 2 unspecified atom stereocenters. The van der Waals surface area contributed by atoms with Crippen molar-refractivity contribution in [3.63, 3.8) is 0 Å². The SMILES string of the molecule is CCOC(=O)CCNC(=O)C(c1cccc(C)c1C)N(C(=O)CNC(=O)OC(C)(C)C)C(C)CC. The Bertz CT molecular complexity index is 894. The number of benzene rings is 1. The largest absolute Gasteiger partial charge is 0.466 e. The molecule has 0 aliphatic carbocycles. The van der Waals surface area contributed by atoms with Crippen LogP contribution in [-0.2, 0) is 23.9 Å². The molecule has 0 radical (unpaired) electrons. The molecule has 1 rings (SSSR count). The number of aryl methyl sites for hydroxylation is 1. The summed E-state index contributed by atoms with van der Waals surface area (Å²) in [6, 6.07) is 4.36. The van der Waals surface area contributed by atoms with Gasteiger partial charge >= 0.3 is 12.1 Å². The maximum Gasteiger partial charge on any atom is 0.408 e. The highest BCUT2D eigenvalue weighted by molar-refractivity contribution is 5.91. The van der Waals surface area contributed by atoms with Crippen molar-refractivity contribution in [2.45, 2.75) is 85.9 Å². The van der Waals surface area contributed by atoms with Crippen LogP contribution in [0.1, 0.15) is 77.1 Å². The summed E-state index contributed by atoms with van der Waals surface area (Å²) in [5, 5.41) is 5.28. The third-order valence-electron chi connectivity index (χ3n) is 5.54. The third kappa shape index (κ3) is 9.58. The highest BCUT2D eigenvalue weighted by atomic mass is 16.6. The number of alkyl carbamates (subject to hydrolysis) is 1. The Morgan fingerprint density at radius 1 is 1.06 bits per heavy atom. The number of nitrogens with zero attached hydrogens (tertiary/aromatic N) is 1. The zero-order valence-corrected chi connectivity index (χ0v) is 22.3. The number of amides is 3. The molecule has 0 aromatic heterocycles. The minimum absolute atomic E-state index is 0.0244. The van der Waals surface area contributed by atoms with Gasteiger partial charge in [0.05, 0.1) is 13.0 Å². The van der Waals surface area contributed by atoms with Crippen LogP contribution in [0.3, 0.4) is 0 Å². The summed E-state index contributed by atoms with van der Waals surface area (Å²) in [6.07, 6.45) is -0.0937. The molecule has 0 aliphatic heterocycles. The van der Waals surface area contributed by atoms with E-state index in [0.29, 0.717) is 12.0 Å². The molecule has 196 valence electrons. The number of rotatable bonds is 11. The van der Waals surface area contributed by atoms with Crippen molar-refractivity contribution < 1.29 is 28.7 Å². The first-order valence-corrected chi connectivity index (χ1v) is 12.1. The molecule has 2 atom stereocenters. The Kier molecular flexibility index (Phi) is 11.7. The molecule has 9 heteroatoms. The van der Waals surface area contributed by atoms with Gasteiger partial charge in [-0.15, -0.1) is 0 Å². The highest BCUT2D eigenvalue weighted by Gasteiger charge is 2.35. The normalized spacial score (nSPS) is 12.8. The first-order chi connectivity index (χ1) is 16.3. The second kappa shape index (κ2) is 13.7. The van der Waals surface area contributed by atoms with Crippen LogP contribution in [0.25, 0.3) is 0 Å². The van der Waals surface area contributed by atoms with E-state index < -0.39 is 35.5 Å². The van der Waals surface area contributed by atoms with Gasteiger partial charge in [0, 0.05) is 12.6 Å². The highest BCUT2D eigenvalue weighted by Crippen LogP contribution is 2.29. The second-order valence-corrected chi connectivity index (χ2v) is 9.45. The Hall–Kier alpha value is -3.10. The van der Waals surface area contributed by atoms with E-state index >= 15 is 0 Å². The summed E-state index contributed by atoms with van der Waals surface area (Å²) >= 11 is 0. The van der Waals surface area contributed by atoms with E-state index in [1.54, 1.807) is 27.7 Å². The molecular weight excluding hydrogens is 450 g/mol. The van der Waals surface area contributed by atoms with Crippen molar-refractivity contribution in [1.82, 2.24) is 15.5 Å². The van der Waals surface area contributed by atoms with Crippen LogP contribution < -0.4 is 10.6 Å². The van der Waals surface area contributed by atoms with Crippen molar-refractivity contribution >= 4 is 23.9 Å². The zero-order chi connectivity index (χ0) is 26.8. The maximum atomic E-state index is 13.5. The standard InChI is InChI=1S/C26H41N3O6/c1-9-18(4)29(21(30)16-28-25(33)35-26(6,7)8)23(20-13-11-12-17(3)19(20)5)24(32)27-15-14-22(31)34-10-2/h11-13,18,23H,9-10,14-16H2,1-8H3,(H,27,32)(H,28,33). The molecule has 0 bridgehead atoms. The van der Waals surface area contributed by atoms with Crippen LogP contribution in [0.15, 0.2) is 18.2 Å². The van der Waals surface area contributed by atoms with Crippen LogP contribution in [0.4, 0.5) is 4.79 Å². The molecule has 0 spiro atoms. The van der Waals surface area contributed by atoms with E-state index in [1.807, 2.05) is 45.9 Å². The van der Waals surface area contributed by atoms with E-state index in [4.69, 9.17) is 9.47 Å². The quantitative estimate of drug-likeness (QED) is 0.458. The summed E-state index contributed by atoms with van der Waals surface area (Å²) < 4.78 is 10.2. The van der Waals surface area contributed by atoms with Gasteiger partial charge in [-0.2, -0.15) is 0 Å². The lowest BCUT2D eigenvalue weighted by Gasteiger charge is -2.36. The van der Waals surface area contributed by atoms with Gasteiger partial charge in [0.15, 0.2) is 0 Å². The van der Waals surface area contributed by atoms with Gasteiger partial charge in [-0.25, -0.2) is 4.79 Å². The first kappa shape index (κ1) is 29.9. The molecule has 0 fully saturated rings. The summed E-state index contributed by atoms with van der Waals surface area (Å²) in [5.74, 6) is -1.24. The Labute approximate surface area is 208 Å². The second-order valence-electron chi connectivity index (χ2n) is 9.45. The molecule has 3 amide bonds. The predicted molar refractivity (Wildman–Crippen MR) is 134 cm³/mol. The molecular formula is C26H41N3O6. The summed E-state index contributed by atoms with van der Waals surface area (Å²) in [6.45, 7) is 14.6. The number of hydrogen-bond donors (Lipinski definition) is 2. The third-order valence-corrected chi connectivity index (χ3v) is 5.54. The first-order valence-electron chi connectivity index (χ1n) is 12.1. The maximum absolute atomic E-state index is 13.5. The van der Waals surface area contributed by atoms with Crippen molar-refractivity contribution in [2.75, 3.05) is 19.7 Å². The lowest BCUT2D eigenvalue weighted by Crippen LogP contribution is -2.51. The van der Waals surface area contributed by atoms with Gasteiger partial charge in [0.2, 0.25) is 11.8 Å².